The lowest BCUT2D eigenvalue weighted by Crippen LogP contribution is -2.29. The van der Waals surface area contributed by atoms with Crippen LogP contribution in [-0.2, 0) is 4.74 Å². The summed E-state index contributed by atoms with van der Waals surface area (Å²) in [6.45, 7) is 7.08. The number of hydrogen-bond acceptors (Lipinski definition) is 2. The number of nitrogens with zero attached hydrogens (tertiary/aromatic N) is 1. The van der Waals surface area contributed by atoms with Crippen LogP contribution in [0.15, 0.2) is 4.99 Å². The van der Waals surface area contributed by atoms with Gasteiger partial charge in [0.1, 0.15) is 0 Å². The third-order valence-corrected chi connectivity index (χ3v) is 1.57. The Bertz CT molecular complexity index is 140. The normalized spacial score (nSPS) is 31.7. The molecular weight excluding hydrogens is 126 g/mol. The summed E-state index contributed by atoms with van der Waals surface area (Å²) >= 11 is 0. The van der Waals surface area contributed by atoms with Crippen LogP contribution in [0, 0.1) is 0 Å². The van der Waals surface area contributed by atoms with Gasteiger partial charge >= 0.3 is 0 Å². The monoisotopic (exact) mass is 141 g/mol. The van der Waals surface area contributed by atoms with Crippen molar-refractivity contribution < 1.29 is 4.74 Å². The zero-order chi connectivity index (χ0) is 7.61. The molecule has 1 unspecified atom stereocenters. The summed E-state index contributed by atoms with van der Waals surface area (Å²) in [5.41, 5.74) is -0.157. The van der Waals surface area contributed by atoms with E-state index in [9.17, 15) is 0 Å². The maximum Gasteiger partial charge on any atom is 0.0975 e. The van der Waals surface area contributed by atoms with E-state index in [1.54, 1.807) is 0 Å². The van der Waals surface area contributed by atoms with Crippen LogP contribution in [-0.4, -0.2) is 24.5 Å². The average Bonchev–Trinajstić information content (AvgIpc) is 1.90. The van der Waals surface area contributed by atoms with Gasteiger partial charge in [0.05, 0.1) is 11.7 Å². The minimum Gasteiger partial charge on any atom is -0.367 e. The minimum absolute atomic E-state index is 0.157. The molecule has 1 atom stereocenters. The highest BCUT2D eigenvalue weighted by Crippen LogP contribution is 2.14. The second-order valence-corrected chi connectivity index (χ2v) is 3.36. The molecule has 2 nitrogen and oxygen atoms in total. The summed E-state index contributed by atoms with van der Waals surface area (Å²) in [4.78, 5) is 4.22. The van der Waals surface area contributed by atoms with Crippen molar-refractivity contribution in [2.24, 2.45) is 4.99 Å². The van der Waals surface area contributed by atoms with Crippen LogP contribution < -0.4 is 0 Å². The molecule has 0 saturated carbocycles. The second kappa shape index (κ2) is 2.70. The molecule has 0 fully saturated rings. The molecule has 58 valence electrons. The number of aliphatic imine (C=N–C) groups is 1. The van der Waals surface area contributed by atoms with Crippen molar-refractivity contribution in [3.63, 3.8) is 0 Å². The lowest BCUT2D eigenvalue weighted by Gasteiger charge is -2.22. The van der Waals surface area contributed by atoms with Crippen molar-refractivity contribution in [1.29, 1.82) is 0 Å². The molecule has 0 bridgehead atoms. The first kappa shape index (κ1) is 7.73. The molecule has 0 aromatic heterocycles. The van der Waals surface area contributed by atoms with Gasteiger partial charge in [0, 0.05) is 12.8 Å². The van der Waals surface area contributed by atoms with Gasteiger partial charge in [-0.25, -0.2) is 0 Å². The van der Waals surface area contributed by atoms with Crippen molar-refractivity contribution in [2.75, 3.05) is 6.54 Å². The van der Waals surface area contributed by atoms with Gasteiger partial charge in [-0.05, 0) is 27.2 Å². The average molecular weight is 141 g/mol. The smallest absolute Gasteiger partial charge is 0.0975 e. The highest BCUT2D eigenvalue weighted by atomic mass is 16.5. The molecule has 1 aliphatic rings. The van der Waals surface area contributed by atoms with Crippen LogP contribution in [0.4, 0.5) is 0 Å². The Hall–Kier alpha value is -0.370. The van der Waals surface area contributed by atoms with Crippen molar-refractivity contribution in [3.05, 3.63) is 0 Å². The molecular formula is C8H15NO. The van der Waals surface area contributed by atoms with Gasteiger partial charge in [0.15, 0.2) is 0 Å². The lowest BCUT2D eigenvalue weighted by molar-refractivity contribution is -0.0144. The molecule has 0 aromatic carbocycles. The topological polar surface area (TPSA) is 21.6 Å². The Morgan fingerprint density at radius 3 is 3.00 bits per heavy atom. The predicted molar refractivity (Wildman–Crippen MR) is 42.6 cm³/mol. The third kappa shape index (κ3) is 2.10. The Labute approximate surface area is 62.3 Å². The second-order valence-electron chi connectivity index (χ2n) is 3.36. The van der Waals surface area contributed by atoms with Gasteiger partial charge in [-0.15, -0.1) is 0 Å². The molecule has 0 spiro atoms. The molecule has 0 aliphatic carbocycles. The summed E-state index contributed by atoms with van der Waals surface area (Å²) in [5.74, 6) is 0. The zero-order valence-corrected chi connectivity index (χ0v) is 6.92. The van der Waals surface area contributed by atoms with Crippen molar-refractivity contribution in [2.45, 2.75) is 38.9 Å². The summed E-state index contributed by atoms with van der Waals surface area (Å²) < 4.78 is 5.65. The van der Waals surface area contributed by atoms with E-state index >= 15 is 0 Å². The Morgan fingerprint density at radius 2 is 2.30 bits per heavy atom. The van der Waals surface area contributed by atoms with E-state index in [-0.39, 0.29) is 5.60 Å². The Morgan fingerprint density at radius 1 is 1.60 bits per heavy atom. The first-order valence-electron chi connectivity index (χ1n) is 3.79. The summed E-state index contributed by atoms with van der Waals surface area (Å²) in [7, 11) is 0. The number of hydrogen-bond donors (Lipinski definition) is 0. The van der Waals surface area contributed by atoms with Gasteiger partial charge in [0.2, 0.25) is 0 Å². The molecule has 10 heavy (non-hydrogen) atoms. The fourth-order valence-corrected chi connectivity index (χ4v) is 1.15. The highest BCUT2D eigenvalue weighted by Gasteiger charge is 2.20. The van der Waals surface area contributed by atoms with Crippen LogP contribution in [0.5, 0.6) is 0 Å². The SMILES string of the molecule is CC1CCN=CC(C)(C)O1. The fraction of sp³-hybridized carbons (Fsp3) is 0.875. The summed E-state index contributed by atoms with van der Waals surface area (Å²) in [6, 6.07) is 0. The lowest BCUT2D eigenvalue weighted by atomic mass is 10.1. The van der Waals surface area contributed by atoms with E-state index < -0.39 is 0 Å². The maximum atomic E-state index is 5.65. The van der Waals surface area contributed by atoms with Crippen LogP contribution in [0.1, 0.15) is 27.2 Å². The molecule has 0 saturated heterocycles. The quantitative estimate of drug-likeness (QED) is 0.502. The summed E-state index contributed by atoms with van der Waals surface area (Å²) in [5, 5.41) is 0. The summed E-state index contributed by atoms with van der Waals surface area (Å²) in [6.07, 6.45) is 3.29. The first-order chi connectivity index (χ1) is 4.60. The van der Waals surface area contributed by atoms with Gasteiger partial charge in [-0.1, -0.05) is 0 Å². The van der Waals surface area contributed by atoms with Crippen LogP contribution in [0.3, 0.4) is 0 Å². The maximum absolute atomic E-state index is 5.65. The predicted octanol–water partition coefficient (Wildman–Crippen LogP) is 1.64. The van der Waals surface area contributed by atoms with E-state index in [4.69, 9.17) is 4.74 Å². The molecule has 0 aromatic rings. The van der Waals surface area contributed by atoms with Crippen LogP contribution in [0.2, 0.25) is 0 Å². The van der Waals surface area contributed by atoms with E-state index in [1.807, 2.05) is 20.1 Å². The third-order valence-electron chi connectivity index (χ3n) is 1.57. The van der Waals surface area contributed by atoms with Crippen LogP contribution >= 0.6 is 0 Å². The van der Waals surface area contributed by atoms with E-state index in [0.717, 1.165) is 13.0 Å². The molecule has 0 amide bonds. The number of rotatable bonds is 0. The van der Waals surface area contributed by atoms with Gasteiger partial charge < -0.3 is 4.74 Å². The molecule has 0 radical (unpaired) electrons. The first-order valence-corrected chi connectivity index (χ1v) is 3.79. The Kier molecular flexibility index (Phi) is 2.09. The fourth-order valence-electron chi connectivity index (χ4n) is 1.15. The van der Waals surface area contributed by atoms with Crippen LogP contribution in [0.25, 0.3) is 0 Å². The standard InChI is InChI=1S/C8H15NO/c1-7-4-5-9-6-8(2,3)10-7/h6-7H,4-5H2,1-3H3. The highest BCUT2D eigenvalue weighted by molar-refractivity contribution is 5.67. The van der Waals surface area contributed by atoms with Crippen molar-refractivity contribution >= 4 is 6.21 Å². The van der Waals surface area contributed by atoms with E-state index in [0.29, 0.717) is 6.10 Å². The van der Waals surface area contributed by atoms with E-state index in [2.05, 4.69) is 11.9 Å². The van der Waals surface area contributed by atoms with Gasteiger partial charge in [0.25, 0.3) is 0 Å². The molecule has 1 rings (SSSR count). The van der Waals surface area contributed by atoms with Crippen molar-refractivity contribution in [1.82, 2.24) is 0 Å². The Balaban J connectivity index is 2.59. The molecule has 1 aliphatic heterocycles. The molecule has 0 N–H and O–H groups in total. The van der Waals surface area contributed by atoms with Gasteiger partial charge in [-0.2, -0.15) is 0 Å². The largest absolute Gasteiger partial charge is 0.367 e. The molecule has 1 heterocycles. The molecule has 2 heteroatoms. The van der Waals surface area contributed by atoms with Gasteiger partial charge in [-0.3, -0.25) is 4.99 Å². The zero-order valence-electron chi connectivity index (χ0n) is 6.92. The minimum atomic E-state index is -0.157. The van der Waals surface area contributed by atoms with E-state index in [1.165, 1.54) is 0 Å². The number of ether oxygens (including phenoxy) is 1. The van der Waals surface area contributed by atoms with Crippen molar-refractivity contribution in [3.8, 4) is 0 Å².